The summed E-state index contributed by atoms with van der Waals surface area (Å²) in [4.78, 5) is 7.22. The monoisotopic (exact) mass is 369 g/mol. The first-order chi connectivity index (χ1) is 12.8. The average molecular weight is 369 g/mol. The van der Waals surface area contributed by atoms with Gasteiger partial charge in [0.1, 0.15) is 11.5 Å². The van der Waals surface area contributed by atoms with Crippen molar-refractivity contribution in [1.29, 1.82) is 0 Å². The molecule has 1 atom stereocenters. The molecule has 6 heteroatoms. The van der Waals surface area contributed by atoms with Gasteiger partial charge in [-0.15, -0.1) is 0 Å². The van der Waals surface area contributed by atoms with Crippen molar-refractivity contribution in [2.75, 3.05) is 26.7 Å². The largest absolute Gasteiger partial charge is 0.496 e. The molecule has 1 aliphatic heterocycles. The van der Waals surface area contributed by atoms with Crippen molar-refractivity contribution in [3.05, 3.63) is 58.1 Å². The van der Waals surface area contributed by atoms with E-state index in [2.05, 4.69) is 27.7 Å². The van der Waals surface area contributed by atoms with Gasteiger partial charge in [0.15, 0.2) is 0 Å². The molecule has 3 aromatic rings. The van der Waals surface area contributed by atoms with Gasteiger partial charge >= 0.3 is 0 Å². The lowest BCUT2D eigenvalue weighted by atomic mass is 10.0. The first kappa shape index (κ1) is 17.3. The second-order valence-corrected chi connectivity index (χ2v) is 7.25. The number of benzene rings is 1. The molecule has 1 aliphatic rings. The minimum atomic E-state index is 0.251. The lowest BCUT2D eigenvalue weighted by molar-refractivity contribution is 0.149. The molecule has 1 aromatic carbocycles. The second-order valence-electron chi connectivity index (χ2n) is 6.47. The van der Waals surface area contributed by atoms with E-state index in [4.69, 9.17) is 14.1 Å². The Kier molecular flexibility index (Phi) is 5.06. The molecule has 5 nitrogen and oxygen atoms in total. The molecular formula is C20H23N3O2S. The predicted octanol–water partition coefficient (Wildman–Crippen LogP) is 3.87. The van der Waals surface area contributed by atoms with Gasteiger partial charge in [0, 0.05) is 42.7 Å². The molecule has 4 rings (SSSR count). The Hall–Kier alpha value is -2.15. The number of hydrogen-bond donors (Lipinski definition) is 1. The summed E-state index contributed by atoms with van der Waals surface area (Å²) >= 11 is 1.65. The van der Waals surface area contributed by atoms with Crippen LogP contribution in [0.1, 0.15) is 23.1 Å². The Morgan fingerprint density at radius 2 is 2.23 bits per heavy atom. The van der Waals surface area contributed by atoms with E-state index in [1.165, 1.54) is 5.56 Å². The van der Waals surface area contributed by atoms with E-state index in [9.17, 15) is 0 Å². The SMILES string of the molecule is COc1ccccc1C1CNCCN1Cc1nc(-c2ccsc2)oc1C. The van der Waals surface area contributed by atoms with Crippen LogP contribution in [0, 0.1) is 6.92 Å². The molecule has 0 amide bonds. The Labute approximate surface area is 157 Å². The topological polar surface area (TPSA) is 50.5 Å². The summed E-state index contributed by atoms with van der Waals surface area (Å²) in [5.41, 5.74) is 3.26. The van der Waals surface area contributed by atoms with Crippen LogP contribution in [0.15, 0.2) is 45.5 Å². The molecule has 1 fully saturated rings. The first-order valence-corrected chi connectivity index (χ1v) is 9.77. The summed E-state index contributed by atoms with van der Waals surface area (Å²) < 4.78 is 11.5. The highest BCUT2D eigenvalue weighted by molar-refractivity contribution is 7.08. The highest BCUT2D eigenvalue weighted by Crippen LogP contribution is 2.32. The van der Waals surface area contributed by atoms with Crippen LogP contribution in [0.5, 0.6) is 5.75 Å². The molecule has 2 aromatic heterocycles. The van der Waals surface area contributed by atoms with Gasteiger partial charge < -0.3 is 14.5 Å². The average Bonchev–Trinajstić information content (AvgIpc) is 3.33. The zero-order valence-electron chi connectivity index (χ0n) is 15.1. The number of methoxy groups -OCH3 is 1. The fourth-order valence-electron chi connectivity index (χ4n) is 3.46. The Morgan fingerprint density at radius 1 is 1.35 bits per heavy atom. The highest BCUT2D eigenvalue weighted by Gasteiger charge is 2.27. The molecule has 1 unspecified atom stereocenters. The van der Waals surface area contributed by atoms with Crippen molar-refractivity contribution in [3.63, 3.8) is 0 Å². The quantitative estimate of drug-likeness (QED) is 0.740. The normalized spacial score (nSPS) is 18.2. The minimum Gasteiger partial charge on any atom is -0.496 e. The number of aromatic nitrogens is 1. The number of rotatable bonds is 5. The number of ether oxygens (including phenoxy) is 1. The van der Waals surface area contributed by atoms with Gasteiger partial charge in [-0.3, -0.25) is 4.90 Å². The van der Waals surface area contributed by atoms with E-state index in [0.717, 1.165) is 48.9 Å². The van der Waals surface area contributed by atoms with Crippen LogP contribution in [0.25, 0.3) is 11.5 Å². The molecule has 0 bridgehead atoms. The summed E-state index contributed by atoms with van der Waals surface area (Å²) in [6, 6.07) is 10.6. The van der Waals surface area contributed by atoms with Crippen LogP contribution >= 0.6 is 11.3 Å². The zero-order valence-corrected chi connectivity index (χ0v) is 15.9. The van der Waals surface area contributed by atoms with Gasteiger partial charge in [-0.05, 0) is 24.4 Å². The summed E-state index contributed by atoms with van der Waals surface area (Å²) in [5.74, 6) is 2.54. The van der Waals surface area contributed by atoms with Gasteiger partial charge in [-0.2, -0.15) is 11.3 Å². The van der Waals surface area contributed by atoms with Crippen LogP contribution in [-0.2, 0) is 6.54 Å². The van der Waals surface area contributed by atoms with E-state index in [-0.39, 0.29) is 6.04 Å². The van der Waals surface area contributed by atoms with E-state index < -0.39 is 0 Å². The summed E-state index contributed by atoms with van der Waals surface area (Å²) in [6.45, 7) is 5.60. The van der Waals surface area contributed by atoms with E-state index in [1.807, 2.05) is 30.5 Å². The maximum atomic E-state index is 5.91. The van der Waals surface area contributed by atoms with Gasteiger partial charge in [0.05, 0.1) is 18.8 Å². The van der Waals surface area contributed by atoms with Crippen molar-refractivity contribution in [1.82, 2.24) is 15.2 Å². The third-order valence-electron chi connectivity index (χ3n) is 4.87. The maximum Gasteiger partial charge on any atom is 0.227 e. The molecule has 1 N–H and O–H groups in total. The third kappa shape index (κ3) is 3.40. The smallest absolute Gasteiger partial charge is 0.227 e. The number of oxazole rings is 1. The van der Waals surface area contributed by atoms with Crippen molar-refractivity contribution in [2.24, 2.45) is 0 Å². The van der Waals surface area contributed by atoms with Crippen LogP contribution < -0.4 is 10.1 Å². The van der Waals surface area contributed by atoms with Crippen LogP contribution in [-0.4, -0.2) is 36.6 Å². The molecule has 26 heavy (non-hydrogen) atoms. The lowest BCUT2D eigenvalue weighted by Crippen LogP contribution is -2.45. The molecule has 136 valence electrons. The van der Waals surface area contributed by atoms with Crippen molar-refractivity contribution >= 4 is 11.3 Å². The molecular weight excluding hydrogens is 346 g/mol. The number of thiophene rings is 1. The predicted molar refractivity (Wildman–Crippen MR) is 104 cm³/mol. The van der Waals surface area contributed by atoms with Crippen molar-refractivity contribution < 1.29 is 9.15 Å². The number of hydrogen-bond acceptors (Lipinski definition) is 6. The fourth-order valence-corrected chi connectivity index (χ4v) is 4.09. The minimum absolute atomic E-state index is 0.251. The third-order valence-corrected chi connectivity index (χ3v) is 5.55. The summed E-state index contributed by atoms with van der Waals surface area (Å²) in [7, 11) is 1.73. The molecule has 0 saturated carbocycles. The van der Waals surface area contributed by atoms with Gasteiger partial charge in [0.2, 0.25) is 5.89 Å². The fraction of sp³-hybridized carbons (Fsp3) is 0.350. The molecule has 3 heterocycles. The van der Waals surface area contributed by atoms with Crippen LogP contribution in [0.4, 0.5) is 0 Å². The van der Waals surface area contributed by atoms with Crippen LogP contribution in [0.3, 0.4) is 0 Å². The Balaban J connectivity index is 1.60. The number of aryl methyl sites for hydroxylation is 1. The molecule has 0 radical (unpaired) electrons. The Bertz CT molecular complexity index is 860. The van der Waals surface area contributed by atoms with Crippen molar-refractivity contribution in [3.8, 4) is 17.2 Å². The number of para-hydroxylation sites is 1. The van der Waals surface area contributed by atoms with Gasteiger partial charge in [0.25, 0.3) is 0 Å². The van der Waals surface area contributed by atoms with Crippen molar-refractivity contribution in [2.45, 2.75) is 19.5 Å². The highest BCUT2D eigenvalue weighted by atomic mass is 32.1. The summed E-state index contributed by atoms with van der Waals surface area (Å²) in [6.07, 6.45) is 0. The standard InChI is InChI=1S/C20H23N3O2S/c1-14-17(22-20(25-14)15-7-10-26-13-15)12-23-9-8-21-11-18(23)16-5-3-4-6-19(16)24-2/h3-7,10,13,18,21H,8-9,11-12H2,1-2H3. The maximum absolute atomic E-state index is 5.91. The van der Waals surface area contributed by atoms with E-state index in [0.29, 0.717) is 5.89 Å². The van der Waals surface area contributed by atoms with Crippen LogP contribution in [0.2, 0.25) is 0 Å². The first-order valence-electron chi connectivity index (χ1n) is 8.83. The van der Waals surface area contributed by atoms with E-state index in [1.54, 1.807) is 18.4 Å². The molecule has 0 spiro atoms. The number of nitrogens with one attached hydrogen (secondary N) is 1. The Morgan fingerprint density at radius 3 is 3.04 bits per heavy atom. The van der Waals surface area contributed by atoms with Gasteiger partial charge in [-0.25, -0.2) is 4.98 Å². The lowest BCUT2D eigenvalue weighted by Gasteiger charge is -2.36. The molecule has 0 aliphatic carbocycles. The number of piperazine rings is 1. The van der Waals surface area contributed by atoms with Gasteiger partial charge in [-0.1, -0.05) is 18.2 Å². The van der Waals surface area contributed by atoms with E-state index >= 15 is 0 Å². The number of nitrogens with zero attached hydrogens (tertiary/aromatic N) is 2. The molecule has 1 saturated heterocycles. The summed E-state index contributed by atoms with van der Waals surface area (Å²) in [5, 5.41) is 7.61. The zero-order chi connectivity index (χ0) is 17.9. The second kappa shape index (κ2) is 7.61.